The molecular formula is C21H18F6N6O. The summed E-state index contributed by atoms with van der Waals surface area (Å²) >= 11 is 0. The zero-order valence-corrected chi connectivity index (χ0v) is 17.7. The SMILES string of the molecule is Cc1c(F)ccc(C(=O)N2CCC(F)(F)[C@H]2CNc2ccc(C(F)(F)F)cn2)c1-n1nccn1. The molecule has 1 fully saturated rings. The van der Waals surface area contributed by atoms with Crippen LogP contribution in [0, 0.1) is 12.7 Å². The summed E-state index contributed by atoms with van der Waals surface area (Å²) < 4.78 is 81.7. The molecule has 1 atom stereocenters. The summed E-state index contributed by atoms with van der Waals surface area (Å²) in [7, 11) is 0. The highest BCUT2D eigenvalue weighted by Crippen LogP contribution is 2.36. The van der Waals surface area contributed by atoms with E-state index in [2.05, 4.69) is 20.5 Å². The molecule has 180 valence electrons. The number of hydrogen-bond acceptors (Lipinski definition) is 5. The van der Waals surface area contributed by atoms with Crippen molar-refractivity contribution in [2.24, 2.45) is 0 Å². The van der Waals surface area contributed by atoms with Gasteiger partial charge in [0.1, 0.15) is 23.4 Å². The number of nitrogens with one attached hydrogen (secondary N) is 1. The molecule has 0 saturated carbocycles. The van der Waals surface area contributed by atoms with E-state index in [1.165, 1.54) is 25.4 Å². The fraction of sp³-hybridized carbons (Fsp3) is 0.333. The summed E-state index contributed by atoms with van der Waals surface area (Å²) in [5.74, 6) is -4.72. The van der Waals surface area contributed by atoms with Crippen molar-refractivity contribution < 1.29 is 31.1 Å². The molecule has 1 aliphatic rings. The first-order valence-corrected chi connectivity index (χ1v) is 10.1. The molecule has 13 heteroatoms. The summed E-state index contributed by atoms with van der Waals surface area (Å²) in [6.45, 7) is 0.673. The zero-order valence-electron chi connectivity index (χ0n) is 17.7. The maximum absolute atomic E-state index is 14.7. The average Bonchev–Trinajstić information content (AvgIpc) is 3.41. The minimum atomic E-state index is -4.58. The molecule has 1 N–H and O–H groups in total. The molecule has 1 saturated heterocycles. The van der Waals surface area contributed by atoms with Gasteiger partial charge >= 0.3 is 6.18 Å². The van der Waals surface area contributed by atoms with Crippen molar-refractivity contribution in [3.8, 4) is 5.69 Å². The monoisotopic (exact) mass is 484 g/mol. The molecule has 0 radical (unpaired) electrons. The van der Waals surface area contributed by atoms with Crippen molar-refractivity contribution in [2.75, 3.05) is 18.4 Å². The van der Waals surface area contributed by atoms with E-state index in [-0.39, 0.29) is 29.2 Å². The van der Waals surface area contributed by atoms with Crippen LogP contribution in [0.2, 0.25) is 0 Å². The first-order chi connectivity index (χ1) is 16.0. The molecule has 1 amide bonds. The third-order valence-electron chi connectivity index (χ3n) is 5.59. The van der Waals surface area contributed by atoms with Crippen molar-refractivity contribution in [1.82, 2.24) is 24.9 Å². The fourth-order valence-corrected chi connectivity index (χ4v) is 3.78. The van der Waals surface area contributed by atoms with Crippen LogP contribution in [0.25, 0.3) is 5.69 Å². The molecule has 0 aliphatic carbocycles. The molecule has 0 bridgehead atoms. The van der Waals surface area contributed by atoms with Gasteiger partial charge in [-0.25, -0.2) is 18.2 Å². The number of carbonyl (C=O) groups excluding carboxylic acids is 1. The maximum atomic E-state index is 14.7. The first-order valence-electron chi connectivity index (χ1n) is 10.1. The number of anilines is 1. The van der Waals surface area contributed by atoms with Crippen LogP contribution in [-0.2, 0) is 6.18 Å². The van der Waals surface area contributed by atoms with Gasteiger partial charge in [0.2, 0.25) is 0 Å². The number of nitrogens with zero attached hydrogens (tertiary/aromatic N) is 5. The standard InChI is InChI=1S/C21H18F6N6O/c1-12-15(22)4-3-14(18(12)33-30-7-8-31-33)19(34)32-9-6-20(23,24)16(32)11-29-17-5-2-13(10-28-17)21(25,26)27/h2-5,7-8,10,16H,6,9,11H2,1H3,(H,28,29)/t16-/m1/s1. The topological polar surface area (TPSA) is 75.9 Å². The van der Waals surface area contributed by atoms with Crippen LogP contribution in [0.3, 0.4) is 0 Å². The van der Waals surface area contributed by atoms with Crippen molar-refractivity contribution in [1.29, 1.82) is 0 Å². The predicted octanol–water partition coefficient (Wildman–Crippen LogP) is 4.09. The lowest BCUT2D eigenvalue weighted by atomic mass is 10.1. The van der Waals surface area contributed by atoms with Crippen molar-refractivity contribution in [3.63, 3.8) is 0 Å². The highest BCUT2D eigenvalue weighted by molar-refractivity contribution is 5.98. The van der Waals surface area contributed by atoms with Gasteiger partial charge in [-0.05, 0) is 31.2 Å². The Morgan fingerprint density at radius 1 is 1.18 bits per heavy atom. The quantitative estimate of drug-likeness (QED) is 0.553. The Morgan fingerprint density at radius 2 is 1.88 bits per heavy atom. The lowest BCUT2D eigenvalue weighted by Crippen LogP contribution is -2.47. The Kier molecular flexibility index (Phi) is 5.96. The normalized spacial score (nSPS) is 17.7. The number of halogens is 6. The van der Waals surface area contributed by atoms with Crippen molar-refractivity contribution >= 4 is 11.7 Å². The molecule has 34 heavy (non-hydrogen) atoms. The molecule has 1 aliphatic heterocycles. The van der Waals surface area contributed by atoms with Crippen LogP contribution < -0.4 is 5.32 Å². The third kappa shape index (κ3) is 4.41. The molecular weight excluding hydrogens is 466 g/mol. The molecule has 2 aromatic heterocycles. The molecule has 1 aromatic carbocycles. The summed E-state index contributed by atoms with van der Waals surface area (Å²) in [4.78, 5) is 18.9. The van der Waals surface area contributed by atoms with Gasteiger partial charge in [0, 0.05) is 31.3 Å². The first kappa shape index (κ1) is 23.5. The average molecular weight is 484 g/mol. The number of alkyl halides is 5. The van der Waals surface area contributed by atoms with Gasteiger partial charge in [-0.15, -0.1) is 0 Å². The molecule has 4 rings (SSSR count). The van der Waals surface area contributed by atoms with E-state index in [0.717, 1.165) is 27.9 Å². The summed E-state index contributed by atoms with van der Waals surface area (Å²) in [5.41, 5.74) is -0.948. The van der Waals surface area contributed by atoms with E-state index in [9.17, 15) is 31.1 Å². The minimum Gasteiger partial charge on any atom is -0.368 e. The third-order valence-corrected chi connectivity index (χ3v) is 5.59. The number of likely N-dealkylation sites (tertiary alicyclic amines) is 1. The molecule has 7 nitrogen and oxygen atoms in total. The van der Waals surface area contributed by atoms with Gasteiger partial charge in [0.25, 0.3) is 11.8 Å². The lowest BCUT2D eigenvalue weighted by molar-refractivity contribution is -0.137. The predicted molar refractivity (Wildman–Crippen MR) is 108 cm³/mol. The van der Waals surface area contributed by atoms with Gasteiger partial charge in [0.15, 0.2) is 0 Å². The molecule has 3 aromatic rings. The number of carbonyl (C=O) groups is 1. The van der Waals surface area contributed by atoms with Gasteiger partial charge in [0.05, 0.1) is 23.5 Å². The zero-order chi connectivity index (χ0) is 24.7. The summed E-state index contributed by atoms with van der Waals surface area (Å²) in [5, 5.41) is 10.4. The Hall–Kier alpha value is -3.64. The smallest absolute Gasteiger partial charge is 0.368 e. The fourth-order valence-electron chi connectivity index (χ4n) is 3.78. The number of aromatic nitrogens is 4. The van der Waals surface area contributed by atoms with Gasteiger partial charge in [-0.1, -0.05) is 0 Å². The van der Waals surface area contributed by atoms with Gasteiger partial charge in [-0.3, -0.25) is 4.79 Å². The largest absolute Gasteiger partial charge is 0.417 e. The van der Waals surface area contributed by atoms with Crippen molar-refractivity contribution in [2.45, 2.75) is 31.5 Å². The number of hydrogen-bond donors (Lipinski definition) is 1. The number of rotatable bonds is 5. The minimum absolute atomic E-state index is 0.0290. The van der Waals surface area contributed by atoms with Crippen LogP contribution in [-0.4, -0.2) is 55.8 Å². The van der Waals surface area contributed by atoms with Gasteiger partial charge < -0.3 is 10.2 Å². The Labute approximate surface area is 189 Å². The maximum Gasteiger partial charge on any atom is 0.417 e. The number of amides is 1. The Morgan fingerprint density at radius 3 is 2.50 bits per heavy atom. The highest BCUT2D eigenvalue weighted by Gasteiger charge is 2.51. The molecule has 3 heterocycles. The Bertz CT molecular complexity index is 1180. The van der Waals surface area contributed by atoms with E-state index >= 15 is 0 Å². The van der Waals surface area contributed by atoms with E-state index in [4.69, 9.17) is 0 Å². The summed E-state index contributed by atoms with van der Waals surface area (Å²) in [6.07, 6.45) is -1.95. The van der Waals surface area contributed by atoms with E-state index < -0.39 is 48.4 Å². The van der Waals surface area contributed by atoms with E-state index in [0.29, 0.717) is 6.20 Å². The van der Waals surface area contributed by atoms with E-state index in [1.807, 2.05) is 0 Å². The van der Waals surface area contributed by atoms with Crippen LogP contribution >= 0.6 is 0 Å². The highest BCUT2D eigenvalue weighted by atomic mass is 19.4. The number of benzene rings is 1. The van der Waals surface area contributed by atoms with Crippen LogP contribution in [0.1, 0.15) is 27.9 Å². The lowest BCUT2D eigenvalue weighted by Gasteiger charge is -2.29. The van der Waals surface area contributed by atoms with E-state index in [1.54, 1.807) is 0 Å². The Balaban J connectivity index is 1.59. The number of pyridine rings is 1. The molecule has 0 unspecified atom stereocenters. The van der Waals surface area contributed by atoms with Crippen LogP contribution in [0.4, 0.5) is 32.2 Å². The van der Waals surface area contributed by atoms with Gasteiger partial charge in [-0.2, -0.15) is 28.2 Å². The van der Waals surface area contributed by atoms with Crippen LogP contribution in [0.5, 0.6) is 0 Å². The van der Waals surface area contributed by atoms with Crippen LogP contribution in [0.15, 0.2) is 42.9 Å². The molecule has 0 spiro atoms. The second-order valence-corrected chi connectivity index (χ2v) is 7.72. The second-order valence-electron chi connectivity index (χ2n) is 7.72. The second kappa shape index (κ2) is 8.61. The summed E-state index contributed by atoms with van der Waals surface area (Å²) in [6, 6.07) is 2.42. The van der Waals surface area contributed by atoms with Crippen molar-refractivity contribution in [3.05, 3.63) is 65.4 Å².